The standard InChI is InChI=1S/C12H19N3O3/c1-17-9-7-15(8-10-18-2)12(16)14-11-5-3-4-6-13-11/h3-6H,7-10H2,1-2H3,(H,13,14,16). The SMILES string of the molecule is COCCN(CCOC)C(=O)Nc1ccccn1. The molecule has 18 heavy (non-hydrogen) atoms. The van der Waals surface area contributed by atoms with Crippen LogP contribution < -0.4 is 5.32 Å². The molecule has 1 aromatic rings. The summed E-state index contributed by atoms with van der Waals surface area (Å²) in [7, 11) is 3.20. The topological polar surface area (TPSA) is 63.7 Å². The highest BCUT2D eigenvalue weighted by molar-refractivity contribution is 5.88. The Hall–Kier alpha value is -1.66. The summed E-state index contributed by atoms with van der Waals surface area (Å²) in [6, 6.07) is 5.14. The van der Waals surface area contributed by atoms with Crippen molar-refractivity contribution in [1.82, 2.24) is 9.88 Å². The fourth-order valence-corrected chi connectivity index (χ4v) is 1.34. The number of anilines is 1. The van der Waals surface area contributed by atoms with E-state index in [-0.39, 0.29) is 6.03 Å². The van der Waals surface area contributed by atoms with Gasteiger partial charge in [-0.05, 0) is 12.1 Å². The first kappa shape index (κ1) is 14.4. The largest absolute Gasteiger partial charge is 0.383 e. The summed E-state index contributed by atoms with van der Waals surface area (Å²) < 4.78 is 9.95. The molecule has 0 radical (unpaired) electrons. The zero-order valence-corrected chi connectivity index (χ0v) is 10.8. The van der Waals surface area contributed by atoms with Gasteiger partial charge in [0.25, 0.3) is 0 Å². The van der Waals surface area contributed by atoms with E-state index in [1.165, 1.54) is 0 Å². The van der Waals surface area contributed by atoms with Crippen molar-refractivity contribution in [2.75, 3.05) is 45.8 Å². The van der Waals surface area contributed by atoms with Crippen molar-refractivity contribution in [3.05, 3.63) is 24.4 Å². The van der Waals surface area contributed by atoms with Crippen molar-refractivity contribution < 1.29 is 14.3 Å². The minimum absolute atomic E-state index is 0.206. The molecule has 0 aliphatic heterocycles. The van der Waals surface area contributed by atoms with Crippen molar-refractivity contribution in [1.29, 1.82) is 0 Å². The normalized spacial score (nSPS) is 10.1. The van der Waals surface area contributed by atoms with Crippen LogP contribution in [0.4, 0.5) is 10.6 Å². The van der Waals surface area contributed by atoms with Crippen molar-refractivity contribution in [3.63, 3.8) is 0 Å². The fraction of sp³-hybridized carbons (Fsp3) is 0.500. The maximum Gasteiger partial charge on any atom is 0.323 e. The maximum atomic E-state index is 12.0. The van der Waals surface area contributed by atoms with Crippen LogP contribution in [0.25, 0.3) is 0 Å². The Balaban J connectivity index is 2.52. The lowest BCUT2D eigenvalue weighted by atomic mass is 10.4. The van der Waals surface area contributed by atoms with Crippen LogP contribution in [-0.4, -0.2) is 56.4 Å². The number of aromatic nitrogens is 1. The molecule has 0 fully saturated rings. The van der Waals surface area contributed by atoms with Crippen LogP contribution in [0.2, 0.25) is 0 Å². The molecule has 1 N–H and O–H groups in total. The number of ether oxygens (including phenoxy) is 2. The molecule has 2 amide bonds. The first-order valence-corrected chi connectivity index (χ1v) is 5.72. The molecule has 6 nitrogen and oxygen atoms in total. The van der Waals surface area contributed by atoms with Crippen LogP contribution in [0.15, 0.2) is 24.4 Å². The van der Waals surface area contributed by atoms with Crippen molar-refractivity contribution in [2.24, 2.45) is 0 Å². The first-order valence-electron chi connectivity index (χ1n) is 5.72. The highest BCUT2D eigenvalue weighted by Crippen LogP contribution is 2.02. The third kappa shape index (κ3) is 5.11. The van der Waals surface area contributed by atoms with Gasteiger partial charge in [-0.3, -0.25) is 5.32 Å². The Kier molecular flexibility index (Phi) is 6.75. The summed E-state index contributed by atoms with van der Waals surface area (Å²) >= 11 is 0. The summed E-state index contributed by atoms with van der Waals surface area (Å²) in [5, 5.41) is 2.72. The number of pyridine rings is 1. The van der Waals surface area contributed by atoms with Gasteiger partial charge in [-0.1, -0.05) is 6.07 Å². The lowest BCUT2D eigenvalue weighted by molar-refractivity contribution is 0.127. The third-order valence-electron chi connectivity index (χ3n) is 2.32. The lowest BCUT2D eigenvalue weighted by Gasteiger charge is -2.22. The molecule has 1 aromatic heterocycles. The summed E-state index contributed by atoms with van der Waals surface area (Å²) in [6.07, 6.45) is 1.63. The van der Waals surface area contributed by atoms with Crippen molar-refractivity contribution >= 4 is 11.8 Å². The maximum absolute atomic E-state index is 12.0. The van der Waals surface area contributed by atoms with E-state index in [4.69, 9.17) is 9.47 Å². The van der Waals surface area contributed by atoms with Gasteiger partial charge < -0.3 is 14.4 Å². The molecule has 0 unspecified atom stereocenters. The second-order valence-electron chi connectivity index (χ2n) is 3.62. The fourth-order valence-electron chi connectivity index (χ4n) is 1.34. The van der Waals surface area contributed by atoms with E-state index in [9.17, 15) is 4.79 Å². The molecule has 0 spiro atoms. The average Bonchev–Trinajstić information content (AvgIpc) is 2.40. The van der Waals surface area contributed by atoms with Gasteiger partial charge in [-0.2, -0.15) is 0 Å². The lowest BCUT2D eigenvalue weighted by Crippen LogP contribution is -2.39. The van der Waals surface area contributed by atoms with E-state index in [1.54, 1.807) is 37.4 Å². The number of urea groups is 1. The zero-order valence-electron chi connectivity index (χ0n) is 10.8. The van der Waals surface area contributed by atoms with Gasteiger partial charge in [0, 0.05) is 33.5 Å². The zero-order chi connectivity index (χ0) is 13.2. The van der Waals surface area contributed by atoms with Gasteiger partial charge >= 0.3 is 6.03 Å². The Morgan fingerprint density at radius 3 is 2.44 bits per heavy atom. The van der Waals surface area contributed by atoms with Gasteiger partial charge in [-0.25, -0.2) is 9.78 Å². The number of hydrogen-bond acceptors (Lipinski definition) is 4. The number of carbonyl (C=O) groups is 1. The highest BCUT2D eigenvalue weighted by atomic mass is 16.5. The Labute approximate surface area is 107 Å². The molecule has 0 aliphatic rings. The molecule has 6 heteroatoms. The Bertz CT molecular complexity index is 338. The van der Waals surface area contributed by atoms with E-state index in [1.807, 2.05) is 6.07 Å². The van der Waals surface area contributed by atoms with Crippen LogP contribution in [0.5, 0.6) is 0 Å². The molecule has 0 saturated heterocycles. The molecule has 1 rings (SSSR count). The quantitative estimate of drug-likeness (QED) is 0.793. The molecular weight excluding hydrogens is 234 g/mol. The number of methoxy groups -OCH3 is 2. The number of nitrogens with zero attached hydrogens (tertiary/aromatic N) is 2. The predicted octanol–water partition coefficient (Wildman–Crippen LogP) is 1.21. The molecule has 0 aliphatic carbocycles. The van der Waals surface area contributed by atoms with Gasteiger partial charge in [0.2, 0.25) is 0 Å². The smallest absolute Gasteiger partial charge is 0.323 e. The minimum atomic E-state index is -0.206. The second-order valence-corrected chi connectivity index (χ2v) is 3.62. The first-order chi connectivity index (χ1) is 8.77. The number of nitrogens with one attached hydrogen (secondary N) is 1. The third-order valence-corrected chi connectivity index (χ3v) is 2.32. The molecular formula is C12H19N3O3. The van der Waals surface area contributed by atoms with Crippen LogP contribution in [0.1, 0.15) is 0 Å². The van der Waals surface area contributed by atoms with E-state index >= 15 is 0 Å². The summed E-state index contributed by atoms with van der Waals surface area (Å²) in [4.78, 5) is 17.7. The Morgan fingerprint density at radius 2 is 1.94 bits per heavy atom. The number of carbonyl (C=O) groups excluding carboxylic acids is 1. The summed E-state index contributed by atoms with van der Waals surface area (Å²) in [5.74, 6) is 0.530. The molecule has 0 bridgehead atoms. The van der Waals surface area contributed by atoms with E-state index in [0.717, 1.165) is 0 Å². The predicted molar refractivity (Wildman–Crippen MR) is 68.6 cm³/mol. The van der Waals surface area contributed by atoms with Crippen molar-refractivity contribution in [3.8, 4) is 0 Å². The number of rotatable bonds is 7. The second kappa shape index (κ2) is 8.43. The van der Waals surface area contributed by atoms with E-state index in [0.29, 0.717) is 32.1 Å². The molecule has 0 saturated carbocycles. The number of amides is 2. The van der Waals surface area contributed by atoms with Gasteiger partial charge in [0.1, 0.15) is 5.82 Å². The van der Waals surface area contributed by atoms with Crippen LogP contribution in [0.3, 0.4) is 0 Å². The number of hydrogen-bond donors (Lipinski definition) is 1. The monoisotopic (exact) mass is 253 g/mol. The Morgan fingerprint density at radius 1 is 1.28 bits per heavy atom. The average molecular weight is 253 g/mol. The van der Waals surface area contributed by atoms with Gasteiger partial charge in [-0.15, -0.1) is 0 Å². The molecule has 100 valence electrons. The van der Waals surface area contributed by atoms with Crippen LogP contribution in [-0.2, 0) is 9.47 Å². The molecule has 1 heterocycles. The van der Waals surface area contributed by atoms with Crippen LogP contribution in [0, 0.1) is 0 Å². The summed E-state index contributed by atoms with van der Waals surface area (Å²) in [6.45, 7) is 2.00. The van der Waals surface area contributed by atoms with Crippen molar-refractivity contribution in [2.45, 2.75) is 0 Å². The van der Waals surface area contributed by atoms with Gasteiger partial charge in [0.15, 0.2) is 0 Å². The summed E-state index contributed by atoms with van der Waals surface area (Å²) in [5.41, 5.74) is 0. The molecule has 0 aromatic carbocycles. The minimum Gasteiger partial charge on any atom is -0.383 e. The van der Waals surface area contributed by atoms with E-state index in [2.05, 4.69) is 10.3 Å². The van der Waals surface area contributed by atoms with E-state index < -0.39 is 0 Å². The van der Waals surface area contributed by atoms with Gasteiger partial charge in [0.05, 0.1) is 13.2 Å². The van der Waals surface area contributed by atoms with Crippen LogP contribution >= 0.6 is 0 Å². The highest BCUT2D eigenvalue weighted by Gasteiger charge is 2.13. The molecule has 0 atom stereocenters.